The molecule has 3 aromatic carbocycles. The second kappa shape index (κ2) is 9.34. The minimum atomic E-state index is -1.61. The van der Waals surface area contributed by atoms with Crippen LogP contribution >= 0.6 is 0 Å². The first-order valence-corrected chi connectivity index (χ1v) is 10.5. The van der Waals surface area contributed by atoms with Gasteiger partial charge in [0.2, 0.25) is 0 Å². The molecule has 33 heavy (non-hydrogen) atoms. The van der Waals surface area contributed by atoms with E-state index in [-0.39, 0.29) is 18.3 Å². The SMILES string of the molecule is COc1cccc(C(N)[C@H](C(=O)O)C(=O)OCC2c3ccccc3-c3ccccc32)c1OC. The van der Waals surface area contributed by atoms with Gasteiger partial charge in [-0.1, -0.05) is 60.7 Å². The number of fused-ring (bicyclic) bond motifs is 3. The molecule has 0 radical (unpaired) electrons. The first-order valence-electron chi connectivity index (χ1n) is 10.5. The Labute approximate surface area is 191 Å². The summed E-state index contributed by atoms with van der Waals surface area (Å²) in [6.45, 7) is 0.0125. The molecule has 0 saturated carbocycles. The zero-order valence-electron chi connectivity index (χ0n) is 18.4. The third-order valence-electron chi connectivity index (χ3n) is 6.03. The summed E-state index contributed by atoms with van der Waals surface area (Å²) >= 11 is 0. The van der Waals surface area contributed by atoms with E-state index < -0.39 is 23.9 Å². The number of benzene rings is 3. The fourth-order valence-corrected chi connectivity index (χ4v) is 4.45. The van der Waals surface area contributed by atoms with Crippen molar-refractivity contribution in [2.24, 2.45) is 11.7 Å². The van der Waals surface area contributed by atoms with Crippen LogP contribution in [0.25, 0.3) is 11.1 Å². The number of carbonyl (C=O) groups excluding carboxylic acids is 1. The number of hydrogen-bond acceptors (Lipinski definition) is 6. The zero-order valence-corrected chi connectivity index (χ0v) is 18.4. The number of hydrogen-bond donors (Lipinski definition) is 2. The third-order valence-corrected chi connectivity index (χ3v) is 6.03. The highest BCUT2D eigenvalue weighted by Gasteiger charge is 2.38. The van der Waals surface area contributed by atoms with Crippen LogP contribution in [0, 0.1) is 5.92 Å². The zero-order chi connectivity index (χ0) is 23.5. The van der Waals surface area contributed by atoms with Crippen molar-refractivity contribution in [1.29, 1.82) is 0 Å². The van der Waals surface area contributed by atoms with Crippen LogP contribution in [0.4, 0.5) is 0 Å². The van der Waals surface area contributed by atoms with Crippen molar-refractivity contribution in [3.63, 3.8) is 0 Å². The third kappa shape index (κ3) is 4.03. The fraction of sp³-hybridized carbons (Fsp3) is 0.231. The highest BCUT2D eigenvalue weighted by Crippen LogP contribution is 2.44. The van der Waals surface area contributed by atoms with Gasteiger partial charge in [-0.15, -0.1) is 0 Å². The van der Waals surface area contributed by atoms with E-state index in [9.17, 15) is 14.7 Å². The summed E-state index contributed by atoms with van der Waals surface area (Å²) in [5.74, 6) is -3.39. The average molecular weight is 447 g/mol. The van der Waals surface area contributed by atoms with Gasteiger partial charge in [-0.05, 0) is 28.3 Å². The van der Waals surface area contributed by atoms with Gasteiger partial charge in [-0.25, -0.2) is 0 Å². The van der Waals surface area contributed by atoms with Gasteiger partial charge in [0.1, 0.15) is 6.61 Å². The molecule has 0 aromatic heterocycles. The lowest BCUT2D eigenvalue weighted by Crippen LogP contribution is -2.36. The molecule has 170 valence electrons. The number of carboxylic acid groups (broad SMARTS) is 1. The number of esters is 1. The Morgan fingerprint density at radius 1 is 0.909 bits per heavy atom. The number of methoxy groups -OCH3 is 2. The molecule has 2 atom stereocenters. The Kier molecular flexibility index (Phi) is 6.33. The molecular weight excluding hydrogens is 422 g/mol. The van der Waals surface area contributed by atoms with Gasteiger partial charge >= 0.3 is 11.9 Å². The van der Waals surface area contributed by atoms with Crippen molar-refractivity contribution in [1.82, 2.24) is 0 Å². The summed E-state index contributed by atoms with van der Waals surface area (Å²) in [6, 6.07) is 19.6. The molecule has 7 heteroatoms. The first kappa shape index (κ1) is 22.4. The number of rotatable bonds is 8. The summed E-state index contributed by atoms with van der Waals surface area (Å²) in [7, 11) is 2.89. The van der Waals surface area contributed by atoms with Gasteiger partial charge in [-0.2, -0.15) is 0 Å². The molecule has 0 heterocycles. The van der Waals surface area contributed by atoms with Crippen molar-refractivity contribution in [3.8, 4) is 22.6 Å². The van der Waals surface area contributed by atoms with Crippen molar-refractivity contribution in [2.45, 2.75) is 12.0 Å². The molecule has 0 amide bonds. The second-order valence-corrected chi connectivity index (χ2v) is 7.78. The van der Waals surface area contributed by atoms with Gasteiger partial charge in [0, 0.05) is 11.5 Å². The van der Waals surface area contributed by atoms with Crippen LogP contribution in [0.1, 0.15) is 28.7 Å². The van der Waals surface area contributed by atoms with Crippen LogP contribution in [0.2, 0.25) is 0 Å². The number of ether oxygens (including phenoxy) is 3. The van der Waals surface area contributed by atoms with Crippen LogP contribution in [-0.2, 0) is 14.3 Å². The summed E-state index contributed by atoms with van der Waals surface area (Å²) in [4.78, 5) is 25.0. The second-order valence-electron chi connectivity index (χ2n) is 7.78. The van der Waals surface area contributed by atoms with E-state index in [1.807, 2.05) is 48.5 Å². The molecule has 1 aliphatic rings. The number of carbonyl (C=O) groups is 2. The lowest BCUT2D eigenvalue weighted by atomic mass is 9.92. The van der Waals surface area contributed by atoms with Gasteiger partial charge in [0.05, 0.1) is 20.3 Å². The highest BCUT2D eigenvalue weighted by atomic mass is 16.5. The van der Waals surface area contributed by atoms with E-state index in [1.54, 1.807) is 18.2 Å². The highest BCUT2D eigenvalue weighted by molar-refractivity contribution is 5.95. The molecule has 0 bridgehead atoms. The molecule has 0 fully saturated rings. The van der Waals surface area contributed by atoms with E-state index in [0.29, 0.717) is 11.3 Å². The summed E-state index contributed by atoms with van der Waals surface area (Å²) < 4.78 is 16.2. The standard InChI is InChI=1S/C26H25NO6/c1-31-21-13-7-12-19(24(21)32-2)23(27)22(25(28)29)26(30)33-14-20-17-10-5-3-8-15(17)16-9-4-6-11-18(16)20/h3-13,20,22-23H,14,27H2,1-2H3,(H,28,29)/t22-,23?/m1/s1. The number of aliphatic carboxylic acids is 1. The topological polar surface area (TPSA) is 108 Å². The van der Waals surface area contributed by atoms with E-state index in [1.165, 1.54) is 14.2 Å². The van der Waals surface area contributed by atoms with Crippen molar-refractivity contribution in [3.05, 3.63) is 83.4 Å². The minimum absolute atomic E-state index is 0.0125. The largest absolute Gasteiger partial charge is 0.493 e. The maximum atomic E-state index is 13.0. The van der Waals surface area contributed by atoms with Crippen molar-refractivity contribution < 1.29 is 28.9 Å². The van der Waals surface area contributed by atoms with E-state index in [4.69, 9.17) is 19.9 Å². The van der Waals surface area contributed by atoms with Crippen LogP contribution in [0.5, 0.6) is 11.5 Å². The molecule has 4 rings (SSSR count). The smallest absolute Gasteiger partial charge is 0.322 e. The van der Waals surface area contributed by atoms with Gasteiger partial charge in [-0.3, -0.25) is 9.59 Å². The summed E-state index contributed by atoms with van der Waals surface area (Å²) in [5, 5.41) is 9.82. The molecule has 1 aliphatic carbocycles. The normalized spacial score (nSPS) is 14.0. The Balaban J connectivity index is 1.58. The van der Waals surface area contributed by atoms with Crippen LogP contribution < -0.4 is 15.2 Å². The molecule has 3 N–H and O–H groups in total. The van der Waals surface area contributed by atoms with Crippen molar-refractivity contribution >= 4 is 11.9 Å². The minimum Gasteiger partial charge on any atom is -0.493 e. The average Bonchev–Trinajstić information content (AvgIpc) is 3.15. The lowest BCUT2D eigenvalue weighted by Gasteiger charge is -2.23. The Morgan fingerprint density at radius 2 is 1.52 bits per heavy atom. The predicted octanol–water partition coefficient (Wildman–Crippen LogP) is 3.76. The number of nitrogens with two attached hydrogens (primary N) is 1. The van der Waals surface area contributed by atoms with E-state index in [0.717, 1.165) is 22.3 Å². The number of para-hydroxylation sites is 1. The maximum Gasteiger partial charge on any atom is 0.322 e. The van der Waals surface area contributed by atoms with Gasteiger partial charge in [0.15, 0.2) is 17.4 Å². The molecular formula is C26H25NO6. The van der Waals surface area contributed by atoms with Gasteiger partial charge in [0.25, 0.3) is 0 Å². The molecule has 7 nitrogen and oxygen atoms in total. The molecule has 1 unspecified atom stereocenters. The van der Waals surface area contributed by atoms with Crippen LogP contribution in [0.3, 0.4) is 0 Å². The summed E-state index contributed by atoms with van der Waals surface area (Å²) in [5.41, 5.74) is 10.9. The molecule has 0 saturated heterocycles. The Morgan fingerprint density at radius 3 is 2.06 bits per heavy atom. The quantitative estimate of drug-likeness (QED) is 0.400. The number of carboxylic acids is 1. The predicted molar refractivity (Wildman–Crippen MR) is 122 cm³/mol. The van der Waals surface area contributed by atoms with E-state index >= 15 is 0 Å². The maximum absolute atomic E-state index is 13.0. The van der Waals surface area contributed by atoms with Crippen LogP contribution in [0.15, 0.2) is 66.7 Å². The summed E-state index contributed by atoms with van der Waals surface area (Å²) in [6.07, 6.45) is 0. The van der Waals surface area contributed by atoms with Gasteiger partial charge < -0.3 is 25.1 Å². The molecule has 0 spiro atoms. The van der Waals surface area contributed by atoms with Crippen molar-refractivity contribution in [2.75, 3.05) is 20.8 Å². The van der Waals surface area contributed by atoms with Crippen LogP contribution in [-0.4, -0.2) is 37.9 Å². The molecule has 0 aliphatic heterocycles. The fourth-order valence-electron chi connectivity index (χ4n) is 4.45. The Hall–Kier alpha value is -3.84. The molecule has 3 aromatic rings. The first-order chi connectivity index (χ1) is 16.0. The monoisotopic (exact) mass is 447 g/mol. The Bertz CT molecular complexity index is 1150. The van der Waals surface area contributed by atoms with E-state index in [2.05, 4.69) is 0 Å². The lowest BCUT2D eigenvalue weighted by molar-refractivity contribution is -0.160.